The third-order valence-corrected chi connectivity index (χ3v) is 3.95. The van der Waals surface area contributed by atoms with Crippen molar-refractivity contribution in [3.63, 3.8) is 0 Å². The van der Waals surface area contributed by atoms with Crippen molar-refractivity contribution in [3.05, 3.63) is 24.2 Å². The molecule has 0 bridgehead atoms. The standard InChI is InChI=1S/C13H20N2O/c14-9-10-3-1-7-15(11-5-6-11)13(10)12-4-2-8-16-12/h2,4,8,10-11,13H,1,3,5-7,9,14H2/t10-,13+/m1/s1. The van der Waals surface area contributed by atoms with Crippen LogP contribution in [-0.2, 0) is 0 Å². The molecule has 0 radical (unpaired) electrons. The first-order valence-corrected chi connectivity index (χ1v) is 6.39. The van der Waals surface area contributed by atoms with Gasteiger partial charge in [0, 0.05) is 6.04 Å². The third kappa shape index (κ3) is 1.78. The average molecular weight is 220 g/mol. The van der Waals surface area contributed by atoms with E-state index in [1.54, 1.807) is 6.26 Å². The summed E-state index contributed by atoms with van der Waals surface area (Å²) in [4.78, 5) is 2.62. The zero-order chi connectivity index (χ0) is 11.0. The van der Waals surface area contributed by atoms with Gasteiger partial charge in [0.25, 0.3) is 0 Å². The molecule has 0 aromatic carbocycles. The molecule has 2 fully saturated rings. The van der Waals surface area contributed by atoms with E-state index in [0.717, 1.165) is 18.3 Å². The van der Waals surface area contributed by atoms with Crippen LogP contribution >= 0.6 is 0 Å². The lowest BCUT2D eigenvalue weighted by atomic mass is 9.87. The summed E-state index contributed by atoms with van der Waals surface area (Å²) in [5.74, 6) is 1.68. The van der Waals surface area contributed by atoms with E-state index >= 15 is 0 Å². The van der Waals surface area contributed by atoms with Crippen molar-refractivity contribution < 1.29 is 4.42 Å². The molecule has 16 heavy (non-hydrogen) atoms. The van der Waals surface area contributed by atoms with Gasteiger partial charge in [-0.05, 0) is 56.8 Å². The van der Waals surface area contributed by atoms with Gasteiger partial charge in [-0.25, -0.2) is 0 Å². The SMILES string of the molecule is NC[C@H]1CCCN(C2CC2)[C@@H]1c1ccco1. The van der Waals surface area contributed by atoms with Crippen LogP contribution in [0.2, 0.25) is 0 Å². The molecule has 1 saturated heterocycles. The number of hydrogen-bond donors (Lipinski definition) is 1. The number of furan rings is 1. The summed E-state index contributed by atoms with van der Waals surface area (Å²) < 4.78 is 5.62. The maximum absolute atomic E-state index is 5.91. The molecule has 1 saturated carbocycles. The van der Waals surface area contributed by atoms with Gasteiger partial charge in [-0.3, -0.25) is 4.90 Å². The average Bonchev–Trinajstić information content (AvgIpc) is 3.04. The highest BCUT2D eigenvalue weighted by molar-refractivity contribution is 5.10. The summed E-state index contributed by atoms with van der Waals surface area (Å²) in [5.41, 5.74) is 5.91. The first-order valence-electron chi connectivity index (χ1n) is 6.39. The summed E-state index contributed by atoms with van der Waals surface area (Å²) in [6, 6.07) is 5.32. The van der Waals surface area contributed by atoms with E-state index in [0.29, 0.717) is 12.0 Å². The Balaban J connectivity index is 1.86. The van der Waals surface area contributed by atoms with Gasteiger partial charge in [0.1, 0.15) is 5.76 Å². The maximum atomic E-state index is 5.91. The molecule has 1 aliphatic carbocycles. The monoisotopic (exact) mass is 220 g/mol. The zero-order valence-corrected chi connectivity index (χ0v) is 9.64. The Morgan fingerprint density at radius 2 is 2.25 bits per heavy atom. The van der Waals surface area contributed by atoms with E-state index in [1.165, 1.54) is 32.2 Å². The van der Waals surface area contributed by atoms with Gasteiger partial charge in [0.15, 0.2) is 0 Å². The van der Waals surface area contributed by atoms with Crippen molar-refractivity contribution in [2.45, 2.75) is 37.8 Å². The topological polar surface area (TPSA) is 42.4 Å². The molecule has 1 aromatic heterocycles. The molecule has 1 aliphatic heterocycles. The second-order valence-corrected chi connectivity index (χ2v) is 5.07. The largest absolute Gasteiger partial charge is 0.468 e. The van der Waals surface area contributed by atoms with Crippen LogP contribution in [0.25, 0.3) is 0 Å². The maximum Gasteiger partial charge on any atom is 0.121 e. The molecule has 0 unspecified atom stereocenters. The van der Waals surface area contributed by atoms with Crippen LogP contribution in [0.5, 0.6) is 0 Å². The highest BCUT2D eigenvalue weighted by atomic mass is 16.3. The van der Waals surface area contributed by atoms with Gasteiger partial charge >= 0.3 is 0 Å². The van der Waals surface area contributed by atoms with Crippen LogP contribution in [-0.4, -0.2) is 24.0 Å². The lowest BCUT2D eigenvalue weighted by Crippen LogP contribution is -2.42. The number of rotatable bonds is 3. The van der Waals surface area contributed by atoms with Crippen LogP contribution in [0.15, 0.2) is 22.8 Å². The van der Waals surface area contributed by atoms with E-state index < -0.39 is 0 Å². The van der Waals surface area contributed by atoms with E-state index in [2.05, 4.69) is 11.0 Å². The Morgan fingerprint density at radius 1 is 1.38 bits per heavy atom. The molecule has 3 nitrogen and oxygen atoms in total. The number of likely N-dealkylation sites (tertiary alicyclic amines) is 1. The van der Waals surface area contributed by atoms with Crippen LogP contribution in [0.4, 0.5) is 0 Å². The molecular weight excluding hydrogens is 200 g/mol. The Kier molecular flexibility index (Phi) is 2.74. The molecular formula is C13H20N2O. The number of nitrogens with two attached hydrogens (primary N) is 1. The first kappa shape index (κ1) is 10.4. The minimum atomic E-state index is 0.432. The first-order chi connectivity index (χ1) is 7.90. The summed E-state index contributed by atoms with van der Waals surface area (Å²) in [6.45, 7) is 1.99. The van der Waals surface area contributed by atoms with Crippen LogP contribution in [0.3, 0.4) is 0 Å². The highest BCUT2D eigenvalue weighted by Crippen LogP contribution is 2.42. The fourth-order valence-corrected chi connectivity index (χ4v) is 3.02. The van der Waals surface area contributed by atoms with E-state index in [-0.39, 0.29) is 0 Å². The predicted octanol–water partition coefficient (Wildman–Crippen LogP) is 2.15. The lowest BCUT2D eigenvalue weighted by Gasteiger charge is -2.40. The third-order valence-electron chi connectivity index (χ3n) is 3.95. The van der Waals surface area contributed by atoms with Crippen molar-refractivity contribution in [1.82, 2.24) is 4.90 Å². The van der Waals surface area contributed by atoms with E-state index in [4.69, 9.17) is 10.2 Å². The van der Waals surface area contributed by atoms with Crippen molar-refractivity contribution in [2.75, 3.05) is 13.1 Å². The fraction of sp³-hybridized carbons (Fsp3) is 0.692. The van der Waals surface area contributed by atoms with E-state index in [9.17, 15) is 0 Å². The molecule has 3 heteroatoms. The smallest absolute Gasteiger partial charge is 0.121 e. The normalized spacial score (nSPS) is 31.8. The van der Waals surface area contributed by atoms with Gasteiger partial charge in [-0.15, -0.1) is 0 Å². The molecule has 1 aromatic rings. The zero-order valence-electron chi connectivity index (χ0n) is 9.64. The van der Waals surface area contributed by atoms with Crippen molar-refractivity contribution in [3.8, 4) is 0 Å². The summed E-state index contributed by atoms with van der Waals surface area (Å²) in [5, 5.41) is 0. The van der Waals surface area contributed by atoms with Crippen molar-refractivity contribution >= 4 is 0 Å². The summed E-state index contributed by atoms with van der Waals surface area (Å²) >= 11 is 0. The van der Waals surface area contributed by atoms with Crippen molar-refractivity contribution in [1.29, 1.82) is 0 Å². The van der Waals surface area contributed by atoms with Crippen LogP contribution in [0, 0.1) is 5.92 Å². The Bertz CT molecular complexity index is 332. The molecule has 2 N–H and O–H groups in total. The molecule has 88 valence electrons. The molecule has 0 amide bonds. The van der Waals surface area contributed by atoms with Gasteiger partial charge in [0.05, 0.1) is 12.3 Å². The Labute approximate surface area is 96.6 Å². The fourth-order valence-electron chi connectivity index (χ4n) is 3.02. The quantitative estimate of drug-likeness (QED) is 0.848. The van der Waals surface area contributed by atoms with Gasteiger partial charge in [0.2, 0.25) is 0 Å². The van der Waals surface area contributed by atoms with Gasteiger partial charge in [-0.2, -0.15) is 0 Å². The van der Waals surface area contributed by atoms with Gasteiger partial charge < -0.3 is 10.2 Å². The second-order valence-electron chi connectivity index (χ2n) is 5.07. The lowest BCUT2D eigenvalue weighted by molar-refractivity contribution is 0.0721. The number of nitrogens with zero attached hydrogens (tertiary/aromatic N) is 1. The van der Waals surface area contributed by atoms with Gasteiger partial charge in [-0.1, -0.05) is 0 Å². The number of hydrogen-bond acceptors (Lipinski definition) is 3. The van der Waals surface area contributed by atoms with Crippen LogP contribution < -0.4 is 5.73 Å². The Hall–Kier alpha value is -0.800. The molecule has 2 heterocycles. The Morgan fingerprint density at radius 3 is 2.88 bits per heavy atom. The van der Waals surface area contributed by atoms with Crippen LogP contribution in [0.1, 0.15) is 37.5 Å². The minimum Gasteiger partial charge on any atom is -0.468 e. The molecule has 3 rings (SSSR count). The summed E-state index contributed by atoms with van der Waals surface area (Å²) in [6.07, 6.45) is 7.02. The second kappa shape index (κ2) is 4.22. The molecule has 2 atom stereocenters. The molecule has 2 aliphatic rings. The number of piperidine rings is 1. The minimum absolute atomic E-state index is 0.432. The highest BCUT2D eigenvalue weighted by Gasteiger charge is 2.41. The molecule has 0 spiro atoms. The van der Waals surface area contributed by atoms with E-state index in [1.807, 2.05) is 6.07 Å². The summed E-state index contributed by atoms with van der Waals surface area (Å²) in [7, 11) is 0. The predicted molar refractivity (Wildman–Crippen MR) is 63.0 cm³/mol. The van der Waals surface area contributed by atoms with Crippen molar-refractivity contribution in [2.24, 2.45) is 11.7 Å².